The van der Waals surface area contributed by atoms with Gasteiger partial charge in [-0.3, -0.25) is 4.99 Å². The Morgan fingerprint density at radius 2 is 2.27 bits per heavy atom. The Kier molecular flexibility index (Phi) is 4.43. The molecule has 4 heteroatoms. The standard InChI is InChI=1S/C11H16ClN3/c1-3-7-14-11(13)15-10-8(2)5-4-6-9(10)12/h4-6H,3,7H2,1-2H3,(H3,13,14,15). The topological polar surface area (TPSA) is 50.4 Å². The number of guanidine groups is 1. The highest BCUT2D eigenvalue weighted by molar-refractivity contribution is 6.33. The molecule has 0 fully saturated rings. The second-order valence-corrected chi connectivity index (χ2v) is 3.73. The van der Waals surface area contributed by atoms with E-state index in [1.54, 1.807) is 0 Å². The molecule has 0 heterocycles. The van der Waals surface area contributed by atoms with Gasteiger partial charge < -0.3 is 11.1 Å². The van der Waals surface area contributed by atoms with Crippen molar-refractivity contribution in [1.82, 2.24) is 0 Å². The third-order valence-electron chi connectivity index (χ3n) is 1.98. The summed E-state index contributed by atoms with van der Waals surface area (Å²) in [5.74, 6) is 0.410. The van der Waals surface area contributed by atoms with Gasteiger partial charge in [0.2, 0.25) is 0 Å². The van der Waals surface area contributed by atoms with Crippen LogP contribution in [-0.2, 0) is 0 Å². The predicted octanol–water partition coefficient (Wildman–Crippen LogP) is 2.79. The fraction of sp³-hybridized carbons (Fsp3) is 0.364. The van der Waals surface area contributed by atoms with Crippen molar-refractivity contribution in [1.29, 1.82) is 0 Å². The van der Waals surface area contributed by atoms with Crippen LogP contribution in [0.25, 0.3) is 0 Å². The Bertz CT molecular complexity index is 341. The summed E-state index contributed by atoms with van der Waals surface area (Å²) >= 11 is 6.03. The minimum atomic E-state index is 0.410. The van der Waals surface area contributed by atoms with Crippen molar-refractivity contribution >= 4 is 23.2 Å². The highest BCUT2D eigenvalue weighted by Crippen LogP contribution is 2.24. The van der Waals surface area contributed by atoms with E-state index in [4.69, 9.17) is 17.3 Å². The number of hydrogen-bond acceptors (Lipinski definition) is 1. The highest BCUT2D eigenvalue weighted by atomic mass is 35.5. The average Bonchev–Trinajstić information content (AvgIpc) is 2.21. The van der Waals surface area contributed by atoms with Crippen molar-refractivity contribution in [2.45, 2.75) is 20.3 Å². The van der Waals surface area contributed by atoms with Crippen LogP contribution in [0.3, 0.4) is 0 Å². The van der Waals surface area contributed by atoms with Crippen LogP contribution in [0.2, 0.25) is 5.02 Å². The Hall–Kier alpha value is -1.22. The first-order valence-electron chi connectivity index (χ1n) is 4.97. The zero-order chi connectivity index (χ0) is 11.3. The van der Waals surface area contributed by atoms with Gasteiger partial charge >= 0.3 is 0 Å². The number of para-hydroxylation sites is 1. The van der Waals surface area contributed by atoms with Crippen molar-refractivity contribution in [3.05, 3.63) is 28.8 Å². The van der Waals surface area contributed by atoms with E-state index in [9.17, 15) is 0 Å². The van der Waals surface area contributed by atoms with Crippen LogP contribution in [0.4, 0.5) is 5.69 Å². The van der Waals surface area contributed by atoms with Crippen molar-refractivity contribution < 1.29 is 0 Å². The van der Waals surface area contributed by atoms with E-state index >= 15 is 0 Å². The Morgan fingerprint density at radius 1 is 1.53 bits per heavy atom. The smallest absolute Gasteiger partial charge is 0.193 e. The molecule has 1 aromatic carbocycles. The molecular formula is C11H16ClN3. The van der Waals surface area contributed by atoms with Crippen LogP contribution < -0.4 is 11.1 Å². The van der Waals surface area contributed by atoms with Crippen molar-refractivity contribution in [3.8, 4) is 0 Å². The maximum absolute atomic E-state index is 6.03. The lowest BCUT2D eigenvalue weighted by atomic mass is 10.2. The van der Waals surface area contributed by atoms with Gasteiger partial charge in [0.1, 0.15) is 0 Å². The summed E-state index contributed by atoms with van der Waals surface area (Å²) in [6.07, 6.45) is 0.976. The Labute approximate surface area is 95.3 Å². The minimum Gasteiger partial charge on any atom is -0.370 e. The van der Waals surface area contributed by atoms with Gasteiger partial charge in [-0.05, 0) is 25.0 Å². The number of nitrogens with two attached hydrogens (primary N) is 1. The number of anilines is 1. The molecule has 1 aromatic rings. The summed E-state index contributed by atoms with van der Waals surface area (Å²) in [6, 6.07) is 5.70. The number of aliphatic imine (C=N–C) groups is 1. The van der Waals surface area contributed by atoms with Crippen LogP contribution in [0.15, 0.2) is 23.2 Å². The molecule has 0 aromatic heterocycles. The molecule has 0 radical (unpaired) electrons. The first kappa shape index (κ1) is 11.9. The molecule has 0 amide bonds. The molecule has 0 unspecified atom stereocenters. The molecule has 3 nitrogen and oxygen atoms in total. The number of nitrogens with one attached hydrogen (secondary N) is 1. The van der Waals surface area contributed by atoms with Gasteiger partial charge in [0, 0.05) is 6.54 Å². The van der Waals surface area contributed by atoms with E-state index in [1.165, 1.54) is 0 Å². The van der Waals surface area contributed by atoms with Crippen LogP contribution in [0, 0.1) is 6.92 Å². The lowest BCUT2D eigenvalue weighted by Gasteiger charge is -2.10. The normalized spacial score (nSPS) is 11.5. The largest absolute Gasteiger partial charge is 0.370 e. The molecule has 0 aliphatic carbocycles. The highest BCUT2D eigenvalue weighted by Gasteiger charge is 2.03. The predicted molar refractivity (Wildman–Crippen MR) is 66.6 cm³/mol. The Balaban J connectivity index is 2.80. The summed E-state index contributed by atoms with van der Waals surface area (Å²) in [5.41, 5.74) is 7.59. The molecule has 0 aliphatic heterocycles. The van der Waals surface area contributed by atoms with Crippen LogP contribution in [-0.4, -0.2) is 12.5 Å². The van der Waals surface area contributed by atoms with E-state index < -0.39 is 0 Å². The van der Waals surface area contributed by atoms with Gasteiger partial charge in [0.15, 0.2) is 5.96 Å². The average molecular weight is 226 g/mol. The summed E-state index contributed by atoms with van der Waals surface area (Å²) < 4.78 is 0. The van der Waals surface area contributed by atoms with Gasteiger partial charge in [0.05, 0.1) is 10.7 Å². The van der Waals surface area contributed by atoms with Crippen LogP contribution >= 0.6 is 11.6 Å². The van der Waals surface area contributed by atoms with E-state index in [1.807, 2.05) is 25.1 Å². The number of aryl methyl sites for hydroxylation is 1. The molecule has 0 bridgehead atoms. The van der Waals surface area contributed by atoms with Gasteiger partial charge in [0.25, 0.3) is 0 Å². The van der Waals surface area contributed by atoms with Gasteiger partial charge in [-0.2, -0.15) is 0 Å². The van der Waals surface area contributed by atoms with Crippen molar-refractivity contribution in [2.24, 2.45) is 10.7 Å². The van der Waals surface area contributed by atoms with Crippen LogP contribution in [0.5, 0.6) is 0 Å². The minimum absolute atomic E-state index is 0.410. The molecule has 0 saturated carbocycles. The molecule has 82 valence electrons. The van der Waals surface area contributed by atoms with Crippen LogP contribution in [0.1, 0.15) is 18.9 Å². The van der Waals surface area contributed by atoms with E-state index in [-0.39, 0.29) is 0 Å². The number of rotatable bonds is 3. The summed E-state index contributed by atoms with van der Waals surface area (Å²) in [5, 5.41) is 3.67. The number of benzene rings is 1. The molecule has 0 atom stereocenters. The van der Waals surface area contributed by atoms with E-state index in [0.29, 0.717) is 11.0 Å². The lowest BCUT2D eigenvalue weighted by molar-refractivity contribution is 0.929. The molecule has 0 spiro atoms. The second-order valence-electron chi connectivity index (χ2n) is 3.32. The summed E-state index contributed by atoms with van der Waals surface area (Å²) in [6.45, 7) is 4.75. The molecule has 15 heavy (non-hydrogen) atoms. The second kappa shape index (κ2) is 5.61. The van der Waals surface area contributed by atoms with Crippen molar-refractivity contribution in [3.63, 3.8) is 0 Å². The summed E-state index contributed by atoms with van der Waals surface area (Å²) in [7, 11) is 0. The van der Waals surface area contributed by atoms with Gasteiger partial charge in [-0.25, -0.2) is 0 Å². The third-order valence-corrected chi connectivity index (χ3v) is 2.30. The zero-order valence-electron chi connectivity index (χ0n) is 9.05. The number of nitrogens with zero attached hydrogens (tertiary/aromatic N) is 1. The van der Waals surface area contributed by atoms with E-state index in [2.05, 4.69) is 17.2 Å². The first-order chi connectivity index (χ1) is 7.15. The van der Waals surface area contributed by atoms with Gasteiger partial charge in [-0.1, -0.05) is 30.7 Å². The molecule has 0 aliphatic rings. The summed E-state index contributed by atoms with van der Waals surface area (Å²) in [4.78, 5) is 4.14. The quantitative estimate of drug-likeness (QED) is 0.614. The molecular weight excluding hydrogens is 210 g/mol. The number of hydrogen-bond donors (Lipinski definition) is 2. The van der Waals surface area contributed by atoms with Gasteiger partial charge in [-0.15, -0.1) is 0 Å². The maximum atomic E-state index is 6.03. The molecule has 1 rings (SSSR count). The fourth-order valence-electron chi connectivity index (χ4n) is 1.19. The monoisotopic (exact) mass is 225 g/mol. The fourth-order valence-corrected chi connectivity index (χ4v) is 1.46. The van der Waals surface area contributed by atoms with Crippen molar-refractivity contribution in [2.75, 3.05) is 11.9 Å². The first-order valence-corrected chi connectivity index (χ1v) is 5.35. The lowest BCUT2D eigenvalue weighted by Crippen LogP contribution is -2.23. The maximum Gasteiger partial charge on any atom is 0.193 e. The molecule has 3 N–H and O–H groups in total. The van der Waals surface area contributed by atoms with E-state index in [0.717, 1.165) is 24.2 Å². The third kappa shape index (κ3) is 3.44. The molecule has 0 saturated heterocycles. The Morgan fingerprint density at radius 3 is 2.87 bits per heavy atom. The SMILES string of the molecule is CCCN=C(N)Nc1c(C)cccc1Cl. The zero-order valence-corrected chi connectivity index (χ0v) is 9.80. The number of halogens is 1.